The molecule has 0 heterocycles. The lowest BCUT2D eigenvalue weighted by atomic mass is 10.2. The van der Waals surface area contributed by atoms with Gasteiger partial charge in [0.15, 0.2) is 0 Å². The molecule has 0 aliphatic heterocycles. The number of nitrogens with one attached hydrogen (secondary N) is 2. The zero-order valence-corrected chi connectivity index (χ0v) is 13.0. The standard InChI is InChI=1S/C15H24N2O2S/c1-3-7-12-10-14(12)17-20(18,19)15-9-6-5-8-13(15)11-16-4-2/h5-6,8-9,12,14,16-17H,3-4,7,10-11H2,1-2H3. The lowest BCUT2D eigenvalue weighted by Crippen LogP contribution is -2.28. The molecule has 4 nitrogen and oxygen atoms in total. The van der Waals surface area contributed by atoms with Crippen molar-refractivity contribution >= 4 is 10.0 Å². The summed E-state index contributed by atoms with van der Waals surface area (Å²) in [4.78, 5) is 0.406. The Balaban J connectivity index is 2.09. The van der Waals surface area contributed by atoms with Crippen LogP contribution in [0.25, 0.3) is 0 Å². The van der Waals surface area contributed by atoms with Crippen LogP contribution in [0.3, 0.4) is 0 Å². The summed E-state index contributed by atoms with van der Waals surface area (Å²) in [6.07, 6.45) is 3.19. The summed E-state index contributed by atoms with van der Waals surface area (Å²) >= 11 is 0. The molecule has 1 aliphatic rings. The molecule has 5 heteroatoms. The normalized spacial score (nSPS) is 21.9. The molecule has 0 radical (unpaired) electrons. The van der Waals surface area contributed by atoms with Crippen LogP contribution in [0.5, 0.6) is 0 Å². The van der Waals surface area contributed by atoms with E-state index in [4.69, 9.17) is 0 Å². The molecule has 0 aromatic heterocycles. The molecule has 0 saturated heterocycles. The first-order valence-electron chi connectivity index (χ1n) is 7.39. The Hall–Kier alpha value is -0.910. The number of rotatable bonds is 8. The van der Waals surface area contributed by atoms with Crippen molar-refractivity contribution in [3.63, 3.8) is 0 Å². The molecular formula is C15H24N2O2S. The first kappa shape index (κ1) is 15.5. The van der Waals surface area contributed by atoms with Gasteiger partial charge in [-0.1, -0.05) is 38.5 Å². The van der Waals surface area contributed by atoms with Gasteiger partial charge in [0.1, 0.15) is 0 Å². The maximum absolute atomic E-state index is 12.5. The Bertz CT molecular complexity index is 543. The molecule has 0 bridgehead atoms. The molecule has 1 aromatic rings. The minimum atomic E-state index is -3.40. The van der Waals surface area contributed by atoms with Gasteiger partial charge < -0.3 is 5.32 Å². The Labute approximate surface area is 122 Å². The van der Waals surface area contributed by atoms with Crippen molar-refractivity contribution in [3.05, 3.63) is 29.8 Å². The molecule has 2 N–H and O–H groups in total. The van der Waals surface area contributed by atoms with Crippen molar-refractivity contribution in [3.8, 4) is 0 Å². The highest BCUT2D eigenvalue weighted by Crippen LogP contribution is 2.35. The Morgan fingerprint density at radius 2 is 2.00 bits per heavy atom. The monoisotopic (exact) mass is 296 g/mol. The summed E-state index contributed by atoms with van der Waals surface area (Å²) in [5.41, 5.74) is 0.828. The zero-order chi connectivity index (χ0) is 14.6. The topological polar surface area (TPSA) is 58.2 Å². The largest absolute Gasteiger partial charge is 0.313 e. The lowest BCUT2D eigenvalue weighted by molar-refractivity contribution is 0.570. The Kier molecular flexibility index (Phi) is 5.18. The molecule has 1 fully saturated rings. The first-order valence-corrected chi connectivity index (χ1v) is 8.87. The Morgan fingerprint density at radius 3 is 2.70 bits per heavy atom. The van der Waals surface area contributed by atoms with Crippen molar-refractivity contribution in [2.24, 2.45) is 5.92 Å². The third kappa shape index (κ3) is 3.81. The number of hydrogen-bond acceptors (Lipinski definition) is 3. The fraction of sp³-hybridized carbons (Fsp3) is 0.600. The van der Waals surface area contributed by atoms with Crippen LogP contribution in [-0.4, -0.2) is 21.0 Å². The van der Waals surface area contributed by atoms with Crippen molar-refractivity contribution in [2.75, 3.05) is 6.54 Å². The molecular weight excluding hydrogens is 272 g/mol. The van der Waals surface area contributed by atoms with E-state index in [2.05, 4.69) is 17.0 Å². The van der Waals surface area contributed by atoms with E-state index >= 15 is 0 Å². The lowest BCUT2D eigenvalue weighted by Gasteiger charge is -2.11. The van der Waals surface area contributed by atoms with E-state index in [1.807, 2.05) is 19.1 Å². The van der Waals surface area contributed by atoms with Crippen LogP contribution in [0.1, 0.15) is 38.7 Å². The molecule has 2 rings (SSSR count). The molecule has 0 amide bonds. The zero-order valence-electron chi connectivity index (χ0n) is 12.2. The fourth-order valence-corrected chi connectivity index (χ4v) is 4.07. The van der Waals surface area contributed by atoms with Crippen molar-refractivity contribution in [2.45, 2.75) is 50.6 Å². The smallest absolute Gasteiger partial charge is 0.241 e. The predicted octanol–water partition coefficient (Wildman–Crippen LogP) is 2.26. The van der Waals surface area contributed by atoms with E-state index in [0.717, 1.165) is 31.4 Å². The van der Waals surface area contributed by atoms with Crippen molar-refractivity contribution in [1.82, 2.24) is 10.0 Å². The van der Waals surface area contributed by atoms with Gasteiger partial charge in [0.2, 0.25) is 10.0 Å². The molecule has 1 aliphatic carbocycles. The van der Waals surface area contributed by atoms with Gasteiger partial charge in [-0.05, 0) is 36.9 Å². The van der Waals surface area contributed by atoms with Gasteiger partial charge >= 0.3 is 0 Å². The summed E-state index contributed by atoms with van der Waals surface area (Å²) in [6, 6.07) is 7.34. The van der Waals surface area contributed by atoms with Crippen molar-refractivity contribution < 1.29 is 8.42 Å². The van der Waals surface area contributed by atoms with E-state index in [1.165, 1.54) is 0 Å². The quantitative estimate of drug-likeness (QED) is 0.773. The number of sulfonamides is 1. The van der Waals surface area contributed by atoms with E-state index in [0.29, 0.717) is 17.4 Å². The molecule has 1 aromatic carbocycles. The summed E-state index contributed by atoms with van der Waals surface area (Å²) in [5, 5.41) is 3.18. The summed E-state index contributed by atoms with van der Waals surface area (Å²) in [5.74, 6) is 0.524. The van der Waals surface area contributed by atoms with Crippen LogP contribution in [0.2, 0.25) is 0 Å². The van der Waals surface area contributed by atoms with E-state index in [9.17, 15) is 8.42 Å². The fourth-order valence-electron chi connectivity index (χ4n) is 2.52. The van der Waals surface area contributed by atoms with Gasteiger partial charge in [0, 0.05) is 12.6 Å². The SMILES string of the molecule is CCCC1CC1NS(=O)(=O)c1ccccc1CNCC. The van der Waals surface area contributed by atoms with Crippen LogP contribution >= 0.6 is 0 Å². The first-order chi connectivity index (χ1) is 9.58. The average Bonchev–Trinajstić information content (AvgIpc) is 3.14. The van der Waals surface area contributed by atoms with Gasteiger partial charge in [-0.3, -0.25) is 0 Å². The summed E-state index contributed by atoms with van der Waals surface area (Å²) in [7, 11) is -3.40. The van der Waals surface area contributed by atoms with E-state index in [1.54, 1.807) is 12.1 Å². The second kappa shape index (κ2) is 6.70. The highest BCUT2D eigenvalue weighted by Gasteiger charge is 2.39. The second-order valence-electron chi connectivity index (χ2n) is 5.40. The third-order valence-electron chi connectivity index (χ3n) is 3.72. The minimum absolute atomic E-state index is 0.132. The van der Waals surface area contributed by atoms with Gasteiger partial charge in [-0.25, -0.2) is 13.1 Å². The van der Waals surface area contributed by atoms with Crippen LogP contribution in [0.15, 0.2) is 29.2 Å². The summed E-state index contributed by atoms with van der Waals surface area (Å²) < 4.78 is 27.8. The van der Waals surface area contributed by atoms with Gasteiger partial charge in [-0.15, -0.1) is 0 Å². The van der Waals surface area contributed by atoms with E-state index in [-0.39, 0.29) is 6.04 Å². The van der Waals surface area contributed by atoms with Gasteiger partial charge in [0.05, 0.1) is 4.90 Å². The third-order valence-corrected chi connectivity index (χ3v) is 5.31. The van der Waals surface area contributed by atoms with Crippen molar-refractivity contribution in [1.29, 1.82) is 0 Å². The average molecular weight is 296 g/mol. The maximum Gasteiger partial charge on any atom is 0.241 e. The number of hydrogen-bond donors (Lipinski definition) is 2. The van der Waals surface area contributed by atoms with Gasteiger partial charge in [-0.2, -0.15) is 0 Å². The summed E-state index contributed by atoms with van der Waals surface area (Å²) in [6.45, 7) is 5.55. The number of benzene rings is 1. The second-order valence-corrected chi connectivity index (χ2v) is 7.08. The molecule has 2 atom stereocenters. The molecule has 112 valence electrons. The maximum atomic E-state index is 12.5. The molecule has 20 heavy (non-hydrogen) atoms. The minimum Gasteiger partial charge on any atom is -0.313 e. The van der Waals surface area contributed by atoms with Crippen LogP contribution in [0.4, 0.5) is 0 Å². The predicted molar refractivity (Wildman–Crippen MR) is 80.9 cm³/mol. The highest BCUT2D eigenvalue weighted by molar-refractivity contribution is 7.89. The molecule has 2 unspecified atom stereocenters. The van der Waals surface area contributed by atoms with Gasteiger partial charge in [0.25, 0.3) is 0 Å². The van der Waals surface area contributed by atoms with Crippen LogP contribution in [-0.2, 0) is 16.6 Å². The Morgan fingerprint density at radius 1 is 1.25 bits per heavy atom. The van der Waals surface area contributed by atoms with Crippen LogP contribution < -0.4 is 10.0 Å². The highest BCUT2D eigenvalue weighted by atomic mass is 32.2. The van der Waals surface area contributed by atoms with E-state index < -0.39 is 10.0 Å². The van der Waals surface area contributed by atoms with Crippen LogP contribution in [0, 0.1) is 5.92 Å². The molecule has 0 spiro atoms. The molecule has 1 saturated carbocycles.